The zero-order valence-electron chi connectivity index (χ0n) is 15.3. The van der Waals surface area contributed by atoms with E-state index in [-0.39, 0.29) is 11.8 Å². The van der Waals surface area contributed by atoms with Crippen molar-refractivity contribution >= 4 is 11.7 Å². The zero-order chi connectivity index (χ0) is 17.9. The van der Waals surface area contributed by atoms with Gasteiger partial charge in [0.05, 0.1) is 11.4 Å². The van der Waals surface area contributed by atoms with Gasteiger partial charge in [-0.25, -0.2) is 4.98 Å². The topological polar surface area (TPSA) is 62.2 Å². The maximum atomic E-state index is 13.1. The average Bonchev–Trinajstić information content (AvgIpc) is 3.22. The Bertz CT molecular complexity index is 787. The summed E-state index contributed by atoms with van der Waals surface area (Å²) in [4.78, 5) is 30.6. The molecule has 1 unspecified atom stereocenters. The van der Waals surface area contributed by atoms with Gasteiger partial charge in [0.2, 0.25) is 0 Å². The van der Waals surface area contributed by atoms with Crippen LogP contribution in [-0.2, 0) is 0 Å². The molecule has 0 N–H and O–H groups in total. The highest BCUT2D eigenvalue weighted by molar-refractivity contribution is 5.95. The number of carbonyl (C=O) groups excluding carboxylic acids is 1. The lowest BCUT2D eigenvalue weighted by Gasteiger charge is -2.32. The summed E-state index contributed by atoms with van der Waals surface area (Å²) in [6.45, 7) is 5.53. The van der Waals surface area contributed by atoms with Gasteiger partial charge in [-0.15, -0.1) is 0 Å². The van der Waals surface area contributed by atoms with Crippen molar-refractivity contribution in [3.05, 3.63) is 47.7 Å². The fourth-order valence-electron chi connectivity index (χ4n) is 3.94. The van der Waals surface area contributed by atoms with E-state index in [9.17, 15) is 4.79 Å². The van der Waals surface area contributed by atoms with Crippen LogP contribution in [0.4, 0.5) is 5.82 Å². The molecule has 2 saturated heterocycles. The van der Waals surface area contributed by atoms with E-state index in [1.165, 1.54) is 12.8 Å². The number of carbonyl (C=O) groups is 1. The normalized spacial score (nSPS) is 20.4. The molecule has 136 valence electrons. The number of amides is 1. The number of nitrogens with zero attached hydrogens (tertiary/aromatic N) is 5. The van der Waals surface area contributed by atoms with Crippen LogP contribution in [0.5, 0.6) is 0 Å². The van der Waals surface area contributed by atoms with E-state index in [0.29, 0.717) is 6.54 Å². The van der Waals surface area contributed by atoms with Gasteiger partial charge >= 0.3 is 0 Å². The van der Waals surface area contributed by atoms with Crippen LogP contribution in [0.1, 0.15) is 53.3 Å². The van der Waals surface area contributed by atoms with Crippen LogP contribution in [0.3, 0.4) is 0 Å². The van der Waals surface area contributed by atoms with Crippen LogP contribution in [0.25, 0.3) is 0 Å². The van der Waals surface area contributed by atoms with Crippen molar-refractivity contribution in [2.75, 3.05) is 31.1 Å². The highest BCUT2D eigenvalue weighted by Gasteiger charge is 2.27. The second kappa shape index (κ2) is 7.40. The van der Waals surface area contributed by atoms with Crippen LogP contribution in [0.2, 0.25) is 0 Å². The Kier molecular flexibility index (Phi) is 4.82. The zero-order valence-corrected chi connectivity index (χ0v) is 15.3. The quantitative estimate of drug-likeness (QED) is 0.851. The van der Waals surface area contributed by atoms with E-state index in [1.54, 1.807) is 12.4 Å². The van der Waals surface area contributed by atoms with E-state index in [1.807, 2.05) is 30.2 Å². The van der Waals surface area contributed by atoms with Gasteiger partial charge in [-0.1, -0.05) is 0 Å². The molecular weight excluding hydrogens is 326 g/mol. The molecule has 2 aromatic rings. The van der Waals surface area contributed by atoms with Gasteiger partial charge in [0, 0.05) is 56.3 Å². The molecule has 2 fully saturated rings. The molecule has 6 heteroatoms. The Morgan fingerprint density at radius 2 is 2.00 bits per heavy atom. The van der Waals surface area contributed by atoms with Crippen molar-refractivity contribution in [3.63, 3.8) is 0 Å². The number of rotatable bonds is 3. The second-order valence-corrected chi connectivity index (χ2v) is 7.27. The molecule has 0 spiro atoms. The Morgan fingerprint density at radius 1 is 1.15 bits per heavy atom. The van der Waals surface area contributed by atoms with Crippen molar-refractivity contribution in [1.29, 1.82) is 0 Å². The number of hydrogen-bond donors (Lipinski definition) is 0. The number of hydrogen-bond acceptors (Lipinski definition) is 5. The van der Waals surface area contributed by atoms with E-state index in [2.05, 4.69) is 19.9 Å². The number of pyridine rings is 1. The molecule has 0 aliphatic carbocycles. The van der Waals surface area contributed by atoms with Crippen molar-refractivity contribution < 1.29 is 4.79 Å². The summed E-state index contributed by atoms with van der Waals surface area (Å²) in [6, 6.07) is 3.78. The maximum Gasteiger partial charge on any atom is 0.254 e. The van der Waals surface area contributed by atoms with Crippen LogP contribution >= 0.6 is 0 Å². The molecule has 0 aromatic carbocycles. The molecule has 2 aromatic heterocycles. The van der Waals surface area contributed by atoms with E-state index in [4.69, 9.17) is 0 Å². The van der Waals surface area contributed by atoms with Gasteiger partial charge < -0.3 is 9.80 Å². The lowest BCUT2D eigenvalue weighted by atomic mass is 9.94. The van der Waals surface area contributed by atoms with E-state index >= 15 is 0 Å². The van der Waals surface area contributed by atoms with Crippen LogP contribution in [0.15, 0.2) is 30.7 Å². The smallest absolute Gasteiger partial charge is 0.254 e. The van der Waals surface area contributed by atoms with E-state index < -0.39 is 0 Å². The summed E-state index contributed by atoms with van der Waals surface area (Å²) in [6.07, 6.45) is 9.81. The number of anilines is 1. The monoisotopic (exact) mass is 351 g/mol. The fourth-order valence-corrected chi connectivity index (χ4v) is 3.94. The molecule has 1 atom stereocenters. The predicted octanol–water partition coefficient (Wildman–Crippen LogP) is 2.80. The van der Waals surface area contributed by atoms with Crippen molar-refractivity contribution in [2.24, 2.45) is 0 Å². The minimum absolute atomic E-state index is 0.0955. The first kappa shape index (κ1) is 16.9. The molecule has 2 aliphatic rings. The van der Waals surface area contributed by atoms with Gasteiger partial charge in [-0.05, 0) is 44.7 Å². The Morgan fingerprint density at radius 3 is 2.81 bits per heavy atom. The molecule has 0 radical (unpaired) electrons. The van der Waals surface area contributed by atoms with Crippen molar-refractivity contribution in [2.45, 2.75) is 38.5 Å². The standard InChI is InChI=1S/C20H25N5O/c1-15-12-21-13-18(23-15)17-5-4-10-25(14-17)20(26)16-6-7-22-19(11-16)24-8-2-3-9-24/h6-7,11-13,17H,2-5,8-10,14H2,1H3. The minimum Gasteiger partial charge on any atom is -0.357 e. The fraction of sp³-hybridized carbons (Fsp3) is 0.500. The molecule has 4 rings (SSSR count). The number of aromatic nitrogens is 3. The number of aryl methyl sites for hydroxylation is 1. The Balaban J connectivity index is 1.50. The van der Waals surface area contributed by atoms with Gasteiger partial charge in [0.15, 0.2) is 0 Å². The first-order valence-corrected chi connectivity index (χ1v) is 9.49. The van der Waals surface area contributed by atoms with E-state index in [0.717, 1.165) is 55.2 Å². The Labute approximate surface area is 154 Å². The van der Waals surface area contributed by atoms with Gasteiger partial charge in [0.1, 0.15) is 5.82 Å². The molecule has 0 saturated carbocycles. The SMILES string of the molecule is Cc1cncc(C2CCCN(C(=O)c3ccnc(N4CCCC4)c3)C2)n1. The van der Waals surface area contributed by atoms with Gasteiger partial charge in [-0.3, -0.25) is 14.8 Å². The lowest BCUT2D eigenvalue weighted by molar-refractivity contribution is 0.0705. The largest absolute Gasteiger partial charge is 0.357 e. The molecule has 4 heterocycles. The van der Waals surface area contributed by atoms with Crippen molar-refractivity contribution in [1.82, 2.24) is 19.9 Å². The first-order valence-electron chi connectivity index (χ1n) is 9.49. The number of likely N-dealkylation sites (tertiary alicyclic amines) is 1. The minimum atomic E-state index is 0.0955. The summed E-state index contributed by atoms with van der Waals surface area (Å²) in [5.41, 5.74) is 2.66. The number of piperidine rings is 1. The molecule has 6 nitrogen and oxygen atoms in total. The Hall–Kier alpha value is -2.50. The van der Waals surface area contributed by atoms with Gasteiger partial charge in [0.25, 0.3) is 5.91 Å². The third-order valence-electron chi connectivity index (χ3n) is 5.32. The lowest BCUT2D eigenvalue weighted by Crippen LogP contribution is -2.39. The van der Waals surface area contributed by atoms with Crippen molar-refractivity contribution in [3.8, 4) is 0 Å². The van der Waals surface area contributed by atoms with Crippen LogP contribution < -0.4 is 4.90 Å². The molecule has 1 amide bonds. The highest BCUT2D eigenvalue weighted by atomic mass is 16.2. The summed E-state index contributed by atoms with van der Waals surface area (Å²) in [5.74, 6) is 1.28. The summed E-state index contributed by atoms with van der Waals surface area (Å²) >= 11 is 0. The van der Waals surface area contributed by atoms with Gasteiger partial charge in [-0.2, -0.15) is 0 Å². The highest BCUT2D eigenvalue weighted by Crippen LogP contribution is 2.27. The third-order valence-corrected chi connectivity index (χ3v) is 5.32. The first-order chi connectivity index (χ1) is 12.7. The molecule has 0 bridgehead atoms. The average molecular weight is 351 g/mol. The molecule has 26 heavy (non-hydrogen) atoms. The second-order valence-electron chi connectivity index (χ2n) is 7.27. The summed E-state index contributed by atoms with van der Waals surface area (Å²) in [7, 11) is 0. The molecule has 2 aliphatic heterocycles. The summed E-state index contributed by atoms with van der Waals surface area (Å²) in [5, 5.41) is 0. The van der Waals surface area contributed by atoms with Crippen LogP contribution in [0, 0.1) is 6.92 Å². The molecular formula is C20H25N5O. The van der Waals surface area contributed by atoms with Crippen LogP contribution in [-0.4, -0.2) is 51.9 Å². The summed E-state index contributed by atoms with van der Waals surface area (Å²) < 4.78 is 0. The third kappa shape index (κ3) is 3.54. The predicted molar refractivity (Wildman–Crippen MR) is 100 cm³/mol. The maximum absolute atomic E-state index is 13.1.